The Labute approximate surface area is 428 Å². The molecule has 3 fully saturated rings. The quantitative estimate of drug-likeness (QED) is 0.0876. The Bertz CT molecular complexity index is 3190. The number of nitrogens with one attached hydrogen (secondary N) is 2. The standard InChI is InChI=1S/C57H60N8O7S/c1-34(32-63-27-29-64(30-28-63)57-59-46-31-38(17-22-48(46)72-57)41-21-24-51(66)61-53(41)67)13-14-36-15-18-39(19-16-36)71-47-11-6-8-40(35(47)2)42-20-23-50(60-52(42)55(69)70)65-26-25-37-7-5-9-43(44(37)33-65)54(68)62-56-58-45-10-3-4-12-49(45)73-56/h3-12,17,20,22-23,31,34,36,39,41H,13-16,18-19,21,24-30,32-33H2,1-2H3,(H,69,70)(H,58,62,68)(H,61,66,67)/t34-,36?,39?,41-/m0/s1. The number of piperidine rings is 1. The molecule has 3 N–H and O–H groups in total. The Morgan fingerprint density at radius 3 is 2.48 bits per heavy atom. The molecule has 0 bridgehead atoms. The van der Waals surface area contributed by atoms with Gasteiger partial charge in [0, 0.05) is 63.4 Å². The molecule has 11 rings (SSSR count). The highest BCUT2D eigenvalue weighted by Crippen LogP contribution is 2.38. The summed E-state index contributed by atoms with van der Waals surface area (Å²) in [6.45, 7) is 10.0. The summed E-state index contributed by atoms with van der Waals surface area (Å²) in [5.41, 5.74) is 7.86. The van der Waals surface area contributed by atoms with Gasteiger partial charge in [-0.1, -0.05) is 67.1 Å². The number of fused-ring (bicyclic) bond motifs is 3. The number of oxazole rings is 1. The first-order valence-corrected chi connectivity index (χ1v) is 26.6. The minimum Gasteiger partial charge on any atom is -0.490 e. The molecule has 4 aromatic carbocycles. The van der Waals surface area contributed by atoms with Crippen molar-refractivity contribution in [2.45, 2.75) is 90.2 Å². The highest BCUT2D eigenvalue weighted by atomic mass is 32.1. The van der Waals surface area contributed by atoms with Crippen molar-refractivity contribution < 1.29 is 33.4 Å². The first-order chi connectivity index (χ1) is 35.5. The summed E-state index contributed by atoms with van der Waals surface area (Å²) in [6, 6.07) is 29.5. The maximum absolute atomic E-state index is 13.7. The number of benzene rings is 4. The van der Waals surface area contributed by atoms with Crippen LogP contribution in [0.3, 0.4) is 0 Å². The third kappa shape index (κ3) is 10.4. The molecule has 1 saturated carbocycles. The lowest BCUT2D eigenvalue weighted by molar-refractivity contribution is -0.134. The van der Waals surface area contributed by atoms with Gasteiger partial charge < -0.3 is 24.1 Å². The average Bonchev–Trinajstić information content (AvgIpc) is 4.02. The molecule has 2 atom stereocenters. The van der Waals surface area contributed by atoms with E-state index in [1.165, 1.54) is 24.2 Å². The van der Waals surface area contributed by atoms with Gasteiger partial charge in [0.1, 0.15) is 17.1 Å². The summed E-state index contributed by atoms with van der Waals surface area (Å²) in [4.78, 5) is 71.6. The second kappa shape index (κ2) is 20.7. The number of ether oxygens (including phenoxy) is 1. The first-order valence-electron chi connectivity index (χ1n) is 25.7. The van der Waals surface area contributed by atoms with Crippen molar-refractivity contribution >= 4 is 73.3 Å². The molecular weight excluding hydrogens is 941 g/mol. The van der Waals surface area contributed by atoms with Crippen LogP contribution < -0.4 is 25.2 Å². The van der Waals surface area contributed by atoms with Crippen molar-refractivity contribution in [2.75, 3.05) is 54.4 Å². The predicted molar refractivity (Wildman–Crippen MR) is 283 cm³/mol. The minimum atomic E-state index is -1.10. The molecule has 3 aromatic heterocycles. The maximum Gasteiger partial charge on any atom is 0.355 e. The zero-order chi connectivity index (χ0) is 50.2. The summed E-state index contributed by atoms with van der Waals surface area (Å²) in [5, 5.41) is 16.5. The normalized spacial score (nSPS) is 19.9. The molecule has 3 amide bonds. The van der Waals surface area contributed by atoms with E-state index in [1.54, 1.807) is 0 Å². The van der Waals surface area contributed by atoms with Gasteiger partial charge in [-0.3, -0.25) is 29.9 Å². The molecule has 4 aliphatic rings. The molecule has 73 heavy (non-hydrogen) atoms. The van der Waals surface area contributed by atoms with Crippen molar-refractivity contribution in [1.29, 1.82) is 0 Å². The Morgan fingerprint density at radius 2 is 1.67 bits per heavy atom. The Balaban J connectivity index is 0.655. The van der Waals surface area contributed by atoms with Crippen LogP contribution in [-0.2, 0) is 22.6 Å². The van der Waals surface area contributed by atoms with Crippen LogP contribution in [0.2, 0.25) is 0 Å². The Morgan fingerprint density at radius 1 is 0.849 bits per heavy atom. The van der Waals surface area contributed by atoms with E-state index in [4.69, 9.17) is 19.1 Å². The number of nitrogens with zero attached hydrogens (tertiary/aromatic N) is 6. The molecular formula is C57H60N8O7S. The van der Waals surface area contributed by atoms with Gasteiger partial charge in [0.2, 0.25) is 11.8 Å². The number of rotatable bonds is 14. The molecule has 16 heteroatoms. The number of aromatic nitrogens is 3. The number of amides is 3. The first kappa shape index (κ1) is 48.1. The molecule has 1 aliphatic carbocycles. The van der Waals surface area contributed by atoms with Gasteiger partial charge in [-0.15, -0.1) is 0 Å². The number of imide groups is 1. The summed E-state index contributed by atoms with van der Waals surface area (Å²) in [5.74, 6) is 0.423. The number of hydrogen-bond donors (Lipinski definition) is 3. The van der Waals surface area contributed by atoms with Crippen LogP contribution in [0.15, 0.2) is 95.4 Å². The van der Waals surface area contributed by atoms with Gasteiger partial charge in [-0.25, -0.2) is 14.8 Å². The number of carbonyl (C=O) groups excluding carboxylic acids is 3. The number of piperazine rings is 1. The lowest BCUT2D eigenvalue weighted by atomic mass is 9.83. The lowest BCUT2D eigenvalue weighted by Crippen LogP contribution is -2.47. The number of anilines is 3. The molecule has 15 nitrogen and oxygen atoms in total. The summed E-state index contributed by atoms with van der Waals surface area (Å²) in [7, 11) is 0. The van der Waals surface area contributed by atoms with Gasteiger partial charge in [0.05, 0.1) is 22.2 Å². The van der Waals surface area contributed by atoms with E-state index in [9.17, 15) is 24.3 Å². The van der Waals surface area contributed by atoms with Gasteiger partial charge in [-0.2, -0.15) is 4.98 Å². The van der Waals surface area contributed by atoms with E-state index in [2.05, 4.69) is 32.3 Å². The Hall–Kier alpha value is -7.17. The van der Waals surface area contributed by atoms with E-state index >= 15 is 0 Å². The zero-order valence-corrected chi connectivity index (χ0v) is 42.1. The summed E-state index contributed by atoms with van der Waals surface area (Å²) >= 11 is 1.44. The molecule has 6 heterocycles. The maximum atomic E-state index is 13.7. The van der Waals surface area contributed by atoms with E-state index < -0.39 is 5.97 Å². The number of hydrogen-bond acceptors (Lipinski definition) is 13. The number of para-hydroxylation sites is 1. The molecule has 0 radical (unpaired) electrons. The van der Waals surface area contributed by atoms with Crippen molar-refractivity contribution in [3.05, 3.63) is 125 Å². The third-order valence-corrected chi connectivity index (χ3v) is 16.4. The number of carboxylic acids is 1. The second-order valence-corrected chi connectivity index (χ2v) is 21.3. The van der Waals surface area contributed by atoms with Crippen LogP contribution in [0.4, 0.5) is 17.0 Å². The van der Waals surface area contributed by atoms with Crippen molar-refractivity contribution in [1.82, 2.24) is 25.2 Å². The topological polar surface area (TPSA) is 183 Å². The van der Waals surface area contributed by atoms with Crippen LogP contribution in [0, 0.1) is 18.8 Å². The number of carboxylic acid groups (broad SMARTS) is 1. The fourth-order valence-corrected chi connectivity index (χ4v) is 12.2. The van der Waals surface area contributed by atoms with E-state index in [1.807, 2.05) is 103 Å². The van der Waals surface area contributed by atoms with Crippen LogP contribution >= 0.6 is 11.3 Å². The SMILES string of the molecule is Cc1c(OC2CCC(CC[C@H](C)CN3CCN(c4nc5cc([C@@H]6CCC(=O)NC6=O)ccc5o4)CC3)CC2)cccc1-c1ccc(N2CCc3cccc(C(=O)Nc4nc5ccccc5s4)c3C2)nc1C(=O)O. The average molecular weight is 1000 g/mol. The number of thiazole rings is 1. The summed E-state index contributed by atoms with van der Waals surface area (Å²) < 4.78 is 13.8. The summed E-state index contributed by atoms with van der Waals surface area (Å²) in [6.07, 6.45) is 8.24. The molecule has 3 aliphatic heterocycles. The lowest BCUT2D eigenvalue weighted by Gasteiger charge is -2.35. The molecule has 376 valence electrons. The highest BCUT2D eigenvalue weighted by molar-refractivity contribution is 7.22. The largest absolute Gasteiger partial charge is 0.490 e. The van der Waals surface area contributed by atoms with Crippen LogP contribution in [-0.4, -0.2) is 94.0 Å². The van der Waals surface area contributed by atoms with Crippen LogP contribution in [0.1, 0.15) is 107 Å². The van der Waals surface area contributed by atoms with Crippen molar-refractivity contribution in [3.8, 4) is 16.9 Å². The Kier molecular flexibility index (Phi) is 13.7. The van der Waals surface area contributed by atoms with E-state index in [0.717, 1.165) is 108 Å². The highest BCUT2D eigenvalue weighted by Gasteiger charge is 2.31. The minimum absolute atomic E-state index is 0.0213. The predicted octanol–water partition coefficient (Wildman–Crippen LogP) is 10.0. The van der Waals surface area contributed by atoms with Gasteiger partial charge in [0.25, 0.3) is 11.9 Å². The number of pyridine rings is 1. The second-order valence-electron chi connectivity index (χ2n) is 20.3. The van der Waals surface area contributed by atoms with Crippen molar-refractivity contribution in [3.63, 3.8) is 0 Å². The smallest absolute Gasteiger partial charge is 0.355 e. The fourth-order valence-electron chi connectivity index (χ4n) is 11.3. The number of carbonyl (C=O) groups is 4. The van der Waals surface area contributed by atoms with E-state index in [0.29, 0.717) is 77.9 Å². The van der Waals surface area contributed by atoms with Gasteiger partial charge in [-0.05, 0) is 140 Å². The molecule has 7 aromatic rings. The van der Waals surface area contributed by atoms with Crippen LogP contribution in [0.5, 0.6) is 5.75 Å². The third-order valence-electron chi connectivity index (χ3n) is 15.4. The fraction of sp³-hybridized carbons (Fsp3) is 0.386. The van der Waals surface area contributed by atoms with Crippen LogP contribution in [0.25, 0.3) is 32.4 Å². The van der Waals surface area contributed by atoms with Gasteiger partial charge in [0.15, 0.2) is 16.4 Å². The molecule has 0 unspecified atom stereocenters. The van der Waals surface area contributed by atoms with Gasteiger partial charge >= 0.3 is 5.97 Å². The van der Waals surface area contributed by atoms with E-state index in [-0.39, 0.29) is 35.4 Å². The van der Waals surface area contributed by atoms with Crippen molar-refractivity contribution in [2.24, 2.45) is 11.8 Å². The monoisotopic (exact) mass is 1000 g/mol. The molecule has 2 saturated heterocycles. The number of aromatic carboxylic acids is 1. The molecule has 0 spiro atoms. The zero-order valence-electron chi connectivity index (χ0n) is 41.3.